The van der Waals surface area contributed by atoms with Crippen LogP contribution in [0.2, 0.25) is 0 Å². The zero-order chi connectivity index (χ0) is 15.1. The number of benzene rings is 2. The van der Waals surface area contributed by atoms with Crippen molar-refractivity contribution in [3.63, 3.8) is 0 Å². The molecule has 21 heavy (non-hydrogen) atoms. The molecule has 0 radical (unpaired) electrons. The summed E-state index contributed by atoms with van der Waals surface area (Å²) < 4.78 is 18.7. The Balaban J connectivity index is 1.92. The second kappa shape index (κ2) is 7.41. The molecule has 3 nitrogen and oxygen atoms in total. The Kier molecular flexibility index (Phi) is 5.30. The first kappa shape index (κ1) is 15.0. The number of rotatable bonds is 6. The summed E-state index contributed by atoms with van der Waals surface area (Å²) in [5.74, 6) is 0.566. The van der Waals surface area contributed by atoms with Gasteiger partial charge in [-0.1, -0.05) is 18.2 Å². The molecule has 0 saturated carbocycles. The minimum absolute atomic E-state index is 0.177. The van der Waals surface area contributed by atoms with E-state index >= 15 is 0 Å². The van der Waals surface area contributed by atoms with E-state index in [1.807, 2.05) is 6.07 Å². The van der Waals surface area contributed by atoms with Gasteiger partial charge >= 0.3 is 0 Å². The normalized spacial score (nSPS) is 10.1. The van der Waals surface area contributed by atoms with Gasteiger partial charge in [-0.3, -0.25) is 0 Å². The Bertz CT molecular complexity index is 649. The van der Waals surface area contributed by atoms with Gasteiger partial charge in [0.1, 0.15) is 11.6 Å². The molecule has 0 fully saturated rings. The summed E-state index contributed by atoms with van der Waals surface area (Å²) >= 11 is 0. The van der Waals surface area contributed by atoms with Crippen LogP contribution in [0.1, 0.15) is 16.7 Å². The molecule has 2 aromatic rings. The van der Waals surface area contributed by atoms with Crippen LogP contribution in [0.4, 0.5) is 4.39 Å². The van der Waals surface area contributed by atoms with Gasteiger partial charge < -0.3 is 10.1 Å². The van der Waals surface area contributed by atoms with Crippen molar-refractivity contribution < 1.29 is 9.13 Å². The zero-order valence-corrected chi connectivity index (χ0v) is 11.9. The molecule has 0 heterocycles. The first-order valence-electron chi connectivity index (χ1n) is 6.75. The fourth-order valence-corrected chi connectivity index (χ4v) is 2.13. The molecule has 0 spiro atoms. The van der Waals surface area contributed by atoms with E-state index in [2.05, 4.69) is 11.4 Å². The number of halogens is 1. The molecule has 0 bridgehead atoms. The third-order valence-corrected chi connectivity index (χ3v) is 3.25. The second-order valence-electron chi connectivity index (χ2n) is 4.66. The predicted octanol–water partition coefficient (Wildman–Crippen LogP) is 3.04. The maximum atomic E-state index is 13.5. The van der Waals surface area contributed by atoms with Crippen LogP contribution in [0, 0.1) is 17.1 Å². The van der Waals surface area contributed by atoms with Gasteiger partial charge in [-0.25, -0.2) is 4.39 Å². The Labute approximate surface area is 124 Å². The molecule has 0 aliphatic rings. The van der Waals surface area contributed by atoms with E-state index in [0.717, 1.165) is 11.3 Å². The van der Waals surface area contributed by atoms with Crippen molar-refractivity contribution >= 4 is 0 Å². The molecule has 4 heteroatoms. The molecule has 2 aromatic carbocycles. The summed E-state index contributed by atoms with van der Waals surface area (Å²) in [5, 5.41) is 12.2. The lowest BCUT2D eigenvalue weighted by Crippen LogP contribution is -2.17. The van der Waals surface area contributed by atoms with Crippen LogP contribution in [0.3, 0.4) is 0 Å². The largest absolute Gasteiger partial charge is 0.496 e. The van der Waals surface area contributed by atoms with Crippen LogP contribution in [-0.2, 0) is 13.0 Å². The monoisotopic (exact) mass is 284 g/mol. The lowest BCUT2D eigenvalue weighted by atomic mass is 10.1. The molecule has 0 atom stereocenters. The van der Waals surface area contributed by atoms with Crippen molar-refractivity contribution in [1.82, 2.24) is 5.32 Å². The van der Waals surface area contributed by atoms with Gasteiger partial charge in [-0.15, -0.1) is 0 Å². The molecule has 2 rings (SSSR count). The number of hydrogen-bond donors (Lipinski definition) is 1. The number of nitrogens with one attached hydrogen (secondary N) is 1. The number of nitriles is 1. The topological polar surface area (TPSA) is 45.0 Å². The van der Waals surface area contributed by atoms with E-state index in [1.54, 1.807) is 37.4 Å². The highest BCUT2D eigenvalue weighted by atomic mass is 19.1. The van der Waals surface area contributed by atoms with Crippen molar-refractivity contribution in [1.29, 1.82) is 5.26 Å². The molecule has 0 aliphatic heterocycles. The third-order valence-electron chi connectivity index (χ3n) is 3.25. The molecule has 0 unspecified atom stereocenters. The second-order valence-corrected chi connectivity index (χ2v) is 4.66. The SMILES string of the molecule is COc1ccc(C#N)cc1CNCCc1ccccc1F. The van der Waals surface area contributed by atoms with E-state index in [0.29, 0.717) is 30.6 Å². The molecule has 0 saturated heterocycles. The Morgan fingerprint density at radius 1 is 1.19 bits per heavy atom. The molecule has 0 aliphatic carbocycles. The fourth-order valence-electron chi connectivity index (χ4n) is 2.13. The van der Waals surface area contributed by atoms with Gasteiger partial charge in [0.25, 0.3) is 0 Å². The smallest absolute Gasteiger partial charge is 0.126 e. The molecular weight excluding hydrogens is 267 g/mol. The molecular formula is C17H17FN2O. The van der Waals surface area contributed by atoms with Crippen molar-refractivity contribution in [3.8, 4) is 11.8 Å². The average Bonchev–Trinajstić information content (AvgIpc) is 2.52. The van der Waals surface area contributed by atoms with Gasteiger partial charge in [0.15, 0.2) is 0 Å². The first-order chi connectivity index (χ1) is 10.2. The highest BCUT2D eigenvalue weighted by molar-refractivity contribution is 5.42. The van der Waals surface area contributed by atoms with Crippen molar-refractivity contribution in [2.24, 2.45) is 0 Å². The Hall–Kier alpha value is -2.38. The van der Waals surface area contributed by atoms with E-state index in [-0.39, 0.29) is 5.82 Å². The highest BCUT2D eigenvalue weighted by Crippen LogP contribution is 2.19. The molecule has 108 valence electrons. The number of methoxy groups -OCH3 is 1. The summed E-state index contributed by atoms with van der Waals surface area (Å²) in [4.78, 5) is 0. The lowest BCUT2D eigenvalue weighted by molar-refractivity contribution is 0.407. The van der Waals surface area contributed by atoms with Gasteiger partial charge in [-0.05, 0) is 42.8 Å². The first-order valence-corrected chi connectivity index (χ1v) is 6.75. The summed E-state index contributed by atoms with van der Waals surface area (Å²) in [6.07, 6.45) is 0.618. The van der Waals surface area contributed by atoms with Crippen LogP contribution in [0.25, 0.3) is 0 Å². The van der Waals surface area contributed by atoms with E-state index in [1.165, 1.54) is 6.07 Å². The maximum absolute atomic E-state index is 13.5. The summed E-state index contributed by atoms with van der Waals surface area (Å²) in [7, 11) is 1.60. The number of hydrogen-bond acceptors (Lipinski definition) is 3. The predicted molar refractivity (Wildman–Crippen MR) is 79.5 cm³/mol. The van der Waals surface area contributed by atoms with Crippen molar-refractivity contribution in [3.05, 3.63) is 65.0 Å². The average molecular weight is 284 g/mol. The van der Waals surface area contributed by atoms with E-state index in [9.17, 15) is 4.39 Å². The Morgan fingerprint density at radius 2 is 2.00 bits per heavy atom. The van der Waals surface area contributed by atoms with Gasteiger partial charge in [0.05, 0.1) is 18.7 Å². The number of nitrogens with zero attached hydrogens (tertiary/aromatic N) is 1. The van der Waals surface area contributed by atoms with E-state index in [4.69, 9.17) is 10.00 Å². The highest BCUT2D eigenvalue weighted by Gasteiger charge is 2.05. The molecule has 0 amide bonds. The third kappa shape index (κ3) is 4.04. The standard InChI is InChI=1S/C17H17FN2O/c1-21-17-7-6-13(11-19)10-15(17)12-20-9-8-14-4-2-3-5-16(14)18/h2-7,10,20H,8-9,12H2,1H3. The van der Waals surface area contributed by atoms with Crippen LogP contribution in [0.5, 0.6) is 5.75 Å². The van der Waals surface area contributed by atoms with Crippen LogP contribution < -0.4 is 10.1 Å². The van der Waals surface area contributed by atoms with Gasteiger partial charge in [-0.2, -0.15) is 5.26 Å². The van der Waals surface area contributed by atoms with Crippen LogP contribution in [-0.4, -0.2) is 13.7 Å². The summed E-state index contributed by atoms with van der Waals surface area (Å²) in [6.45, 7) is 1.23. The van der Waals surface area contributed by atoms with Gasteiger partial charge in [0.2, 0.25) is 0 Å². The Morgan fingerprint density at radius 3 is 2.71 bits per heavy atom. The summed E-state index contributed by atoms with van der Waals surface area (Å²) in [6, 6.07) is 14.2. The maximum Gasteiger partial charge on any atom is 0.126 e. The van der Waals surface area contributed by atoms with E-state index < -0.39 is 0 Å². The fraction of sp³-hybridized carbons (Fsp3) is 0.235. The van der Waals surface area contributed by atoms with Crippen molar-refractivity contribution in [2.75, 3.05) is 13.7 Å². The van der Waals surface area contributed by atoms with Crippen molar-refractivity contribution in [2.45, 2.75) is 13.0 Å². The summed E-state index contributed by atoms with van der Waals surface area (Å²) in [5.41, 5.74) is 2.22. The quantitative estimate of drug-likeness (QED) is 0.829. The van der Waals surface area contributed by atoms with Crippen LogP contribution in [0.15, 0.2) is 42.5 Å². The van der Waals surface area contributed by atoms with Gasteiger partial charge in [0, 0.05) is 12.1 Å². The minimum Gasteiger partial charge on any atom is -0.496 e. The number of ether oxygens (including phenoxy) is 1. The lowest BCUT2D eigenvalue weighted by Gasteiger charge is -2.10. The zero-order valence-electron chi connectivity index (χ0n) is 11.9. The van der Waals surface area contributed by atoms with Crippen LogP contribution >= 0.6 is 0 Å². The minimum atomic E-state index is -0.177. The molecule has 0 aromatic heterocycles. The molecule has 1 N–H and O–H groups in total.